The van der Waals surface area contributed by atoms with E-state index in [-0.39, 0.29) is 0 Å². The van der Waals surface area contributed by atoms with Crippen molar-refractivity contribution < 1.29 is 13.9 Å². The smallest absolute Gasteiger partial charge is 0.163 e. The van der Waals surface area contributed by atoms with Gasteiger partial charge in [-0.05, 0) is 41.1 Å². The Bertz CT molecular complexity index is 539. The minimum Gasteiger partial charge on any atom is -0.493 e. The van der Waals surface area contributed by atoms with Crippen molar-refractivity contribution in [2.45, 2.75) is 13.5 Å². The normalized spacial score (nSPS) is 10.3. The fraction of sp³-hybridized carbons (Fsp3) is 0.286. The molecule has 4 nitrogen and oxygen atoms in total. The van der Waals surface area contributed by atoms with Gasteiger partial charge in [0.15, 0.2) is 11.5 Å². The summed E-state index contributed by atoms with van der Waals surface area (Å²) in [6.45, 7) is 3.15. The molecule has 1 N–H and O–H groups in total. The van der Waals surface area contributed by atoms with E-state index in [2.05, 4.69) is 21.2 Å². The van der Waals surface area contributed by atoms with Gasteiger partial charge in [-0.2, -0.15) is 0 Å². The number of anilines is 1. The van der Waals surface area contributed by atoms with Gasteiger partial charge in [0.25, 0.3) is 0 Å². The van der Waals surface area contributed by atoms with Gasteiger partial charge in [-0.25, -0.2) is 0 Å². The van der Waals surface area contributed by atoms with Crippen LogP contribution in [0.15, 0.2) is 39.4 Å². The molecule has 5 heteroatoms. The molecular weight excluding hydrogens is 310 g/mol. The second kappa shape index (κ2) is 6.52. The van der Waals surface area contributed by atoms with E-state index in [9.17, 15) is 0 Å². The highest BCUT2D eigenvalue weighted by atomic mass is 79.9. The molecule has 102 valence electrons. The molecule has 0 spiro atoms. The van der Waals surface area contributed by atoms with Gasteiger partial charge in [0.1, 0.15) is 5.76 Å². The molecule has 1 heterocycles. The number of rotatable bonds is 6. The van der Waals surface area contributed by atoms with Crippen molar-refractivity contribution in [3.8, 4) is 11.5 Å². The van der Waals surface area contributed by atoms with Gasteiger partial charge in [-0.3, -0.25) is 0 Å². The van der Waals surface area contributed by atoms with Gasteiger partial charge in [0.2, 0.25) is 0 Å². The summed E-state index contributed by atoms with van der Waals surface area (Å²) in [5.74, 6) is 2.31. The largest absolute Gasteiger partial charge is 0.493 e. The number of methoxy groups -OCH3 is 1. The van der Waals surface area contributed by atoms with Crippen LogP contribution in [0.5, 0.6) is 11.5 Å². The molecule has 0 fully saturated rings. The zero-order valence-corrected chi connectivity index (χ0v) is 12.5. The van der Waals surface area contributed by atoms with Crippen molar-refractivity contribution in [1.29, 1.82) is 0 Å². The Hall–Kier alpha value is -1.62. The van der Waals surface area contributed by atoms with E-state index in [4.69, 9.17) is 13.9 Å². The monoisotopic (exact) mass is 325 g/mol. The molecule has 0 saturated carbocycles. The molecule has 19 heavy (non-hydrogen) atoms. The lowest BCUT2D eigenvalue weighted by Crippen LogP contribution is -2.01. The Kier molecular flexibility index (Phi) is 4.74. The number of furan rings is 1. The first-order chi connectivity index (χ1) is 9.24. The predicted octanol–water partition coefficient (Wildman–Crippen LogP) is 4.06. The Morgan fingerprint density at radius 2 is 2.11 bits per heavy atom. The molecule has 0 aliphatic heterocycles. The summed E-state index contributed by atoms with van der Waals surface area (Å²) >= 11 is 3.42. The standard InChI is InChI=1S/C14H16BrNO3/c1-3-18-13-8-10(4-5-12(13)17-2)16-9-14-11(15)6-7-19-14/h4-8,16H,3,9H2,1-2H3. The number of ether oxygens (including phenoxy) is 2. The van der Waals surface area contributed by atoms with Crippen molar-refractivity contribution in [2.24, 2.45) is 0 Å². The first-order valence-corrected chi connectivity index (χ1v) is 6.80. The lowest BCUT2D eigenvalue weighted by Gasteiger charge is -2.12. The van der Waals surface area contributed by atoms with E-state index in [1.807, 2.05) is 31.2 Å². The molecule has 0 amide bonds. The summed E-state index contributed by atoms with van der Waals surface area (Å²) in [6, 6.07) is 7.61. The minimum absolute atomic E-state index is 0.601. The Balaban J connectivity index is 2.08. The average molecular weight is 326 g/mol. The molecule has 0 aliphatic rings. The van der Waals surface area contributed by atoms with Crippen LogP contribution in [-0.4, -0.2) is 13.7 Å². The molecular formula is C14H16BrNO3. The number of nitrogens with one attached hydrogen (secondary N) is 1. The summed E-state index contributed by atoms with van der Waals surface area (Å²) in [5, 5.41) is 3.28. The van der Waals surface area contributed by atoms with Crippen LogP contribution < -0.4 is 14.8 Å². The summed E-state index contributed by atoms with van der Waals surface area (Å²) < 4.78 is 17.1. The number of benzene rings is 1. The fourth-order valence-electron chi connectivity index (χ4n) is 1.69. The molecule has 0 saturated heterocycles. The third kappa shape index (κ3) is 3.44. The Morgan fingerprint density at radius 3 is 2.74 bits per heavy atom. The van der Waals surface area contributed by atoms with Crippen molar-refractivity contribution in [3.63, 3.8) is 0 Å². The Morgan fingerprint density at radius 1 is 1.26 bits per heavy atom. The van der Waals surface area contributed by atoms with Crippen LogP contribution in [0.4, 0.5) is 5.69 Å². The molecule has 0 bridgehead atoms. The van der Waals surface area contributed by atoms with Crippen molar-refractivity contribution in [3.05, 3.63) is 40.8 Å². The zero-order chi connectivity index (χ0) is 13.7. The molecule has 0 atom stereocenters. The summed E-state index contributed by atoms with van der Waals surface area (Å²) in [7, 11) is 1.63. The number of hydrogen-bond donors (Lipinski definition) is 1. The Labute approximate surface area is 120 Å². The van der Waals surface area contributed by atoms with Crippen molar-refractivity contribution in [1.82, 2.24) is 0 Å². The van der Waals surface area contributed by atoms with Crippen LogP contribution in [0.1, 0.15) is 12.7 Å². The van der Waals surface area contributed by atoms with Crippen molar-refractivity contribution in [2.75, 3.05) is 19.0 Å². The molecule has 0 unspecified atom stereocenters. The zero-order valence-electron chi connectivity index (χ0n) is 10.9. The van der Waals surface area contributed by atoms with E-state index < -0.39 is 0 Å². The van der Waals surface area contributed by atoms with Crippen LogP contribution in [0.3, 0.4) is 0 Å². The predicted molar refractivity (Wildman–Crippen MR) is 77.9 cm³/mol. The van der Waals surface area contributed by atoms with E-state index in [1.165, 1.54) is 0 Å². The van der Waals surface area contributed by atoms with Crippen LogP contribution in [0, 0.1) is 0 Å². The quantitative estimate of drug-likeness (QED) is 0.869. The minimum atomic E-state index is 0.601. The van der Waals surface area contributed by atoms with Crippen LogP contribution >= 0.6 is 15.9 Å². The van der Waals surface area contributed by atoms with E-state index >= 15 is 0 Å². The molecule has 1 aromatic heterocycles. The highest BCUT2D eigenvalue weighted by Crippen LogP contribution is 2.30. The van der Waals surface area contributed by atoms with Gasteiger partial charge in [-0.15, -0.1) is 0 Å². The van der Waals surface area contributed by atoms with Crippen LogP contribution in [0.2, 0.25) is 0 Å². The van der Waals surface area contributed by atoms with Crippen molar-refractivity contribution >= 4 is 21.6 Å². The highest BCUT2D eigenvalue weighted by Gasteiger charge is 2.07. The molecule has 0 radical (unpaired) electrons. The fourth-order valence-corrected chi connectivity index (χ4v) is 2.03. The second-order valence-corrected chi connectivity index (χ2v) is 4.70. The lowest BCUT2D eigenvalue weighted by atomic mass is 10.2. The van der Waals surface area contributed by atoms with Crippen LogP contribution in [-0.2, 0) is 6.54 Å². The maximum absolute atomic E-state index is 5.53. The highest BCUT2D eigenvalue weighted by molar-refractivity contribution is 9.10. The summed E-state index contributed by atoms with van der Waals surface area (Å²) in [4.78, 5) is 0. The van der Waals surface area contributed by atoms with Gasteiger partial charge >= 0.3 is 0 Å². The number of hydrogen-bond acceptors (Lipinski definition) is 4. The second-order valence-electron chi connectivity index (χ2n) is 3.84. The molecule has 1 aromatic carbocycles. The average Bonchev–Trinajstić information content (AvgIpc) is 2.82. The first kappa shape index (κ1) is 13.8. The lowest BCUT2D eigenvalue weighted by molar-refractivity contribution is 0.311. The van der Waals surface area contributed by atoms with Gasteiger partial charge < -0.3 is 19.2 Å². The molecule has 2 rings (SSSR count). The van der Waals surface area contributed by atoms with Gasteiger partial charge in [0.05, 0.1) is 31.0 Å². The van der Waals surface area contributed by atoms with Crippen LogP contribution in [0.25, 0.3) is 0 Å². The van der Waals surface area contributed by atoms with Gasteiger partial charge in [0, 0.05) is 11.8 Å². The number of halogens is 1. The molecule has 2 aromatic rings. The van der Waals surface area contributed by atoms with E-state index in [0.29, 0.717) is 13.2 Å². The molecule has 0 aliphatic carbocycles. The van der Waals surface area contributed by atoms with Gasteiger partial charge in [-0.1, -0.05) is 0 Å². The maximum Gasteiger partial charge on any atom is 0.163 e. The summed E-state index contributed by atoms with van der Waals surface area (Å²) in [6.07, 6.45) is 1.65. The topological polar surface area (TPSA) is 43.6 Å². The first-order valence-electron chi connectivity index (χ1n) is 6.01. The SMILES string of the molecule is CCOc1cc(NCc2occc2Br)ccc1OC. The van der Waals surface area contributed by atoms with E-state index in [1.54, 1.807) is 13.4 Å². The third-order valence-electron chi connectivity index (χ3n) is 2.61. The third-order valence-corrected chi connectivity index (χ3v) is 3.31. The summed E-state index contributed by atoms with van der Waals surface area (Å²) in [5.41, 5.74) is 0.951. The van der Waals surface area contributed by atoms with E-state index in [0.717, 1.165) is 27.4 Å². The maximum atomic E-state index is 5.53.